The second-order valence-electron chi connectivity index (χ2n) is 8.51. The van der Waals surface area contributed by atoms with Gasteiger partial charge < -0.3 is 4.74 Å². The third-order valence-electron chi connectivity index (χ3n) is 6.13. The number of hydrogen-bond acceptors (Lipinski definition) is 5. The van der Waals surface area contributed by atoms with E-state index in [9.17, 15) is 9.59 Å². The zero-order valence-corrected chi connectivity index (χ0v) is 19.7. The summed E-state index contributed by atoms with van der Waals surface area (Å²) in [6.45, 7) is 4.49. The maximum absolute atomic E-state index is 13.9. The Balaban J connectivity index is 1.69. The van der Waals surface area contributed by atoms with Crippen LogP contribution in [0.1, 0.15) is 51.7 Å². The van der Waals surface area contributed by atoms with E-state index in [1.54, 1.807) is 35.0 Å². The second-order valence-corrected chi connectivity index (χ2v) is 9.59. The molecule has 0 saturated carbocycles. The molecule has 5 rings (SSSR count). The van der Waals surface area contributed by atoms with Gasteiger partial charge in [0.05, 0.1) is 24.1 Å². The summed E-state index contributed by atoms with van der Waals surface area (Å²) < 4.78 is 6.92. The van der Waals surface area contributed by atoms with Gasteiger partial charge in [-0.3, -0.25) is 9.36 Å². The maximum Gasteiger partial charge on any atom is 0.338 e. The van der Waals surface area contributed by atoms with Gasteiger partial charge in [0.25, 0.3) is 5.56 Å². The van der Waals surface area contributed by atoms with Crippen molar-refractivity contribution in [3.63, 3.8) is 0 Å². The highest BCUT2D eigenvalue weighted by atomic mass is 32.1. The molecule has 2 aromatic heterocycles. The van der Waals surface area contributed by atoms with Crippen LogP contribution in [0.3, 0.4) is 0 Å². The maximum atomic E-state index is 13.9. The Morgan fingerprint density at radius 2 is 1.94 bits per heavy atom. The molecule has 0 spiro atoms. The van der Waals surface area contributed by atoms with Crippen molar-refractivity contribution in [2.24, 2.45) is 0 Å². The van der Waals surface area contributed by atoms with Gasteiger partial charge in [0.15, 0.2) is 0 Å². The fourth-order valence-electron chi connectivity index (χ4n) is 4.58. The topological polar surface area (TPSA) is 61.2 Å². The van der Waals surface area contributed by atoms with Gasteiger partial charge >= 0.3 is 5.97 Å². The summed E-state index contributed by atoms with van der Waals surface area (Å²) in [4.78, 5) is 33.3. The van der Waals surface area contributed by atoms with Crippen molar-refractivity contribution in [1.82, 2.24) is 9.55 Å². The zero-order chi connectivity index (χ0) is 22.9. The molecular weight excluding hydrogens is 432 g/mol. The van der Waals surface area contributed by atoms with Crippen LogP contribution in [0, 0.1) is 6.92 Å². The fraction of sp³-hybridized carbons (Fsp3) is 0.296. The number of benzene rings is 2. The average Bonchev–Trinajstić information content (AvgIpc) is 3.20. The summed E-state index contributed by atoms with van der Waals surface area (Å²) in [5.74, 6) is 0.308. The van der Waals surface area contributed by atoms with E-state index >= 15 is 0 Å². The molecule has 0 fully saturated rings. The molecule has 0 amide bonds. The van der Waals surface area contributed by atoms with Crippen molar-refractivity contribution in [1.29, 1.82) is 0 Å². The molecule has 0 aliphatic heterocycles. The standard InChI is InChI=1S/C27H26N2O3S/c1-3-32-27(31)20-11-7-9-18(15-20)16-29-24(19-10-6-8-17(2)14-19)28-25-23(26(29)30)21-12-4-5-13-22(21)33-25/h6-11,14-15H,3-5,12-13,16H2,1-2H3. The monoisotopic (exact) mass is 458 g/mol. The van der Waals surface area contributed by atoms with Crippen molar-refractivity contribution in [2.45, 2.75) is 46.1 Å². The summed E-state index contributed by atoms with van der Waals surface area (Å²) in [5.41, 5.74) is 4.56. The van der Waals surface area contributed by atoms with Gasteiger partial charge in [-0.2, -0.15) is 0 Å². The Bertz CT molecular complexity index is 1420. The lowest BCUT2D eigenvalue weighted by atomic mass is 9.97. The molecular formula is C27H26N2O3S. The molecule has 6 heteroatoms. The summed E-state index contributed by atoms with van der Waals surface area (Å²) in [6, 6.07) is 15.4. The Labute approximate surface area is 196 Å². The number of aromatic nitrogens is 2. The van der Waals surface area contributed by atoms with Crippen LogP contribution in [-0.4, -0.2) is 22.1 Å². The highest BCUT2D eigenvalue weighted by Gasteiger charge is 2.23. The minimum Gasteiger partial charge on any atom is -0.462 e. The summed E-state index contributed by atoms with van der Waals surface area (Å²) in [6.07, 6.45) is 4.24. The molecule has 0 bridgehead atoms. The van der Waals surface area contributed by atoms with Crippen molar-refractivity contribution < 1.29 is 9.53 Å². The van der Waals surface area contributed by atoms with Crippen LogP contribution in [-0.2, 0) is 24.1 Å². The number of hydrogen-bond donors (Lipinski definition) is 0. The lowest BCUT2D eigenvalue weighted by molar-refractivity contribution is 0.0526. The minimum atomic E-state index is -0.355. The van der Waals surface area contributed by atoms with E-state index in [2.05, 4.69) is 6.07 Å². The molecule has 0 atom stereocenters. The van der Waals surface area contributed by atoms with Gasteiger partial charge in [-0.05, 0) is 68.9 Å². The molecule has 33 heavy (non-hydrogen) atoms. The number of rotatable bonds is 5. The van der Waals surface area contributed by atoms with E-state index < -0.39 is 0 Å². The largest absolute Gasteiger partial charge is 0.462 e. The number of nitrogens with zero attached hydrogens (tertiary/aromatic N) is 2. The summed E-state index contributed by atoms with van der Waals surface area (Å²) in [5, 5.41) is 0.771. The smallest absolute Gasteiger partial charge is 0.338 e. The average molecular weight is 459 g/mol. The molecule has 2 aromatic carbocycles. The Morgan fingerprint density at radius 3 is 2.76 bits per heavy atom. The predicted octanol–water partition coefficient (Wildman–Crippen LogP) is 5.54. The van der Waals surface area contributed by atoms with E-state index in [0.29, 0.717) is 24.5 Å². The number of fused-ring (bicyclic) bond motifs is 3. The minimum absolute atomic E-state index is 0.00237. The SMILES string of the molecule is CCOC(=O)c1cccc(Cn2c(-c3cccc(C)c3)nc3sc4c(c3c2=O)CCCC4)c1. The third kappa shape index (κ3) is 4.11. The van der Waals surface area contributed by atoms with E-state index in [1.807, 2.05) is 37.3 Å². The van der Waals surface area contributed by atoms with Crippen LogP contribution in [0.2, 0.25) is 0 Å². The first kappa shape index (κ1) is 21.6. The number of carbonyl (C=O) groups excluding carboxylic acids is 1. The molecule has 0 radical (unpaired) electrons. The van der Waals surface area contributed by atoms with Crippen molar-refractivity contribution >= 4 is 27.5 Å². The van der Waals surface area contributed by atoms with Crippen molar-refractivity contribution in [2.75, 3.05) is 6.61 Å². The Kier molecular flexibility index (Phi) is 5.85. The number of carbonyl (C=O) groups is 1. The number of aryl methyl sites for hydroxylation is 3. The first-order valence-electron chi connectivity index (χ1n) is 11.4. The van der Waals surface area contributed by atoms with Crippen LogP contribution < -0.4 is 5.56 Å². The van der Waals surface area contributed by atoms with Gasteiger partial charge in [-0.1, -0.05) is 35.9 Å². The molecule has 2 heterocycles. The van der Waals surface area contributed by atoms with Crippen LogP contribution in [0.4, 0.5) is 0 Å². The lowest BCUT2D eigenvalue weighted by Gasteiger charge is -2.15. The van der Waals surface area contributed by atoms with E-state index in [1.165, 1.54) is 16.9 Å². The van der Waals surface area contributed by atoms with Gasteiger partial charge in [-0.15, -0.1) is 11.3 Å². The first-order chi connectivity index (χ1) is 16.0. The lowest BCUT2D eigenvalue weighted by Crippen LogP contribution is -2.24. The van der Waals surface area contributed by atoms with E-state index in [0.717, 1.165) is 46.2 Å². The molecule has 1 aliphatic carbocycles. The van der Waals surface area contributed by atoms with Gasteiger partial charge in [0, 0.05) is 10.4 Å². The molecule has 168 valence electrons. The number of thiophene rings is 1. The first-order valence-corrected chi connectivity index (χ1v) is 12.2. The fourth-order valence-corrected chi connectivity index (χ4v) is 5.84. The van der Waals surface area contributed by atoms with Crippen LogP contribution in [0.15, 0.2) is 53.3 Å². The molecule has 1 aliphatic rings. The van der Waals surface area contributed by atoms with Crippen molar-refractivity contribution in [3.05, 3.63) is 86.0 Å². The summed E-state index contributed by atoms with van der Waals surface area (Å²) >= 11 is 1.67. The van der Waals surface area contributed by atoms with Crippen LogP contribution >= 0.6 is 11.3 Å². The Hall–Kier alpha value is -3.25. The number of esters is 1. The van der Waals surface area contributed by atoms with Gasteiger partial charge in [-0.25, -0.2) is 9.78 Å². The normalized spacial score (nSPS) is 13.2. The third-order valence-corrected chi connectivity index (χ3v) is 7.32. The van der Waals surface area contributed by atoms with Crippen molar-refractivity contribution in [3.8, 4) is 11.4 Å². The quantitative estimate of drug-likeness (QED) is 0.369. The highest BCUT2D eigenvalue weighted by Crippen LogP contribution is 2.35. The molecule has 4 aromatic rings. The molecule has 0 N–H and O–H groups in total. The molecule has 5 nitrogen and oxygen atoms in total. The van der Waals surface area contributed by atoms with Gasteiger partial charge in [0.2, 0.25) is 0 Å². The van der Waals surface area contributed by atoms with E-state index in [4.69, 9.17) is 9.72 Å². The zero-order valence-electron chi connectivity index (χ0n) is 18.9. The van der Waals surface area contributed by atoms with E-state index in [-0.39, 0.29) is 11.5 Å². The van der Waals surface area contributed by atoms with Crippen LogP contribution in [0.5, 0.6) is 0 Å². The summed E-state index contributed by atoms with van der Waals surface area (Å²) in [7, 11) is 0. The highest BCUT2D eigenvalue weighted by molar-refractivity contribution is 7.18. The predicted molar refractivity (Wildman–Crippen MR) is 132 cm³/mol. The van der Waals surface area contributed by atoms with Crippen LogP contribution in [0.25, 0.3) is 21.6 Å². The van der Waals surface area contributed by atoms with Gasteiger partial charge in [0.1, 0.15) is 10.7 Å². The Morgan fingerprint density at radius 1 is 1.12 bits per heavy atom. The molecule has 0 saturated heterocycles. The second kappa shape index (κ2) is 8.94. The molecule has 0 unspecified atom stereocenters. The number of ether oxygens (including phenoxy) is 1.